The van der Waals surface area contributed by atoms with Crippen molar-refractivity contribution in [2.24, 2.45) is 5.73 Å². The van der Waals surface area contributed by atoms with E-state index in [2.05, 4.69) is 5.32 Å². The minimum absolute atomic E-state index is 0.192. The molecular weight excluding hydrogens is 462 g/mol. The Morgan fingerprint density at radius 3 is 2.22 bits per heavy atom. The standard InChI is InChI=1S/C27H35N3O6/c1-17(19-15-22(34-2)24(36-4)23(16-19)35-3)27(33)30-13-9-8-12-21(30)26(32)29-20(25(28)31)14-18-10-6-5-7-11-18/h5-7,10-11,15-17,20-21H,8-9,12-14H2,1-4H3,(H2,28,31)(H,29,32)/t17-,20+,21-/m0/s1. The highest BCUT2D eigenvalue weighted by atomic mass is 16.5. The smallest absolute Gasteiger partial charge is 0.243 e. The number of carbonyl (C=O) groups excluding carboxylic acids is 3. The summed E-state index contributed by atoms with van der Waals surface area (Å²) in [5.74, 6) is -0.415. The largest absolute Gasteiger partial charge is 0.493 e. The van der Waals surface area contributed by atoms with Crippen LogP contribution in [0.25, 0.3) is 0 Å². The van der Waals surface area contributed by atoms with E-state index in [1.165, 1.54) is 21.3 Å². The van der Waals surface area contributed by atoms with Crippen molar-refractivity contribution in [3.8, 4) is 17.2 Å². The van der Waals surface area contributed by atoms with Gasteiger partial charge in [-0.25, -0.2) is 0 Å². The number of rotatable bonds is 10. The van der Waals surface area contributed by atoms with E-state index in [-0.39, 0.29) is 18.2 Å². The Hall–Kier alpha value is -3.75. The summed E-state index contributed by atoms with van der Waals surface area (Å²) in [7, 11) is 4.55. The van der Waals surface area contributed by atoms with E-state index >= 15 is 0 Å². The number of piperidine rings is 1. The van der Waals surface area contributed by atoms with Crippen LogP contribution in [0.15, 0.2) is 42.5 Å². The van der Waals surface area contributed by atoms with E-state index < -0.39 is 23.9 Å². The first-order valence-corrected chi connectivity index (χ1v) is 12.0. The second-order valence-corrected chi connectivity index (χ2v) is 8.88. The number of nitrogens with one attached hydrogen (secondary N) is 1. The first-order valence-electron chi connectivity index (χ1n) is 12.0. The summed E-state index contributed by atoms with van der Waals surface area (Å²) in [6.07, 6.45) is 2.39. The van der Waals surface area contributed by atoms with Gasteiger partial charge in [-0.2, -0.15) is 0 Å². The van der Waals surface area contributed by atoms with Crippen LogP contribution in [0.4, 0.5) is 0 Å². The minimum atomic E-state index is -0.869. The number of amides is 3. The summed E-state index contributed by atoms with van der Waals surface area (Å²) in [6, 6.07) is 11.3. The number of likely N-dealkylation sites (tertiary alicyclic amines) is 1. The number of benzene rings is 2. The van der Waals surface area contributed by atoms with Crippen molar-refractivity contribution in [2.45, 2.75) is 50.6 Å². The van der Waals surface area contributed by atoms with Crippen LogP contribution in [0.1, 0.15) is 43.2 Å². The van der Waals surface area contributed by atoms with Crippen molar-refractivity contribution >= 4 is 17.7 Å². The Morgan fingerprint density at radius 1 is 1.03 bits per heavy atom. The van der Waals surface area contributed by atoms with Gasteiger partial charge in [-0.1, -0.05) is 30.3 Å². The molecule has 0 saturated carbocycles. The lowest BCUT2D eigenvalue weighted by Crippen LogP contribution is -2.56. The van der Waals surface area contributed by atoms with Crippen LogP contribution in [0.2, 0.25) is 0 Å². The normalized spacial score (nSPS) is 17.0. The zero-order chi connectivity index (χ0) is 26.2. The summed E-state index contributed by atoms with van der Waals surface area (Å²) in [6.45, 7) is 2.24. The number of hydrogen-bond acceptors (Lipinski definition) is 6. The van der Waals surface area contributed by atoms with Gasteiger partial charge in [0.1, 0.15) is 12.1 Å². The van der Waals surface area contributed by atoms with E-state index in [1.54, 1.807) is 24.0 Å². The summed E-state index contributed by atoms with van der Waals surface area (Å²) in [5.41, 5.74) is 7.15. The summed E-state index contributed by atoms with van der Waals surface area (Å²) < 4.78 is 16.2. The van der Waals surface area contributed by atoms with E-state index in [0.717, 1.165) is 18.4 Å². The molecule has 2 aromatic rings. The Bertz CT molecular complexity index is 1050. The fourth-order valence-electron chi connectivity index (χ4n) is 4.55. The topological polar surface area (TPSA) is 120 Å². The fraction of sp³-hybridized carbons (Fsp3) is 0.444. The van der Waals surface area contributed by atoms with Crippen molar-refractivity contribution in [2.75, 3.05) is 27.9 Å². The third-order valence-electron chi connectivity index (χ3n) is 6.59. The van der Waals surface area contributed by atoms with Crippen LogP contribution >= 0.6 is 0 Å². The molecule has 9 heteroatoms. The highest BCUT2D eigenvalue weighted by Crippen LogP contribution is 2.40. The van der Waals surface area contributed by atoms with Gasteiger partial charge in [0.05, 0.1) is 27.2 Å². The van der Waals surface area contributed by atoms with Gasteiger partial charge in [0, 0.05) is 13.0 Å². The highest BCUT2D eigenvalue weighted by molar-refractivity contribution is 5.93. The molecule has 3 amide bonds. The third kappa shape index (κ3) is 6.08. The maximum Gasteiger partial charge on any atom is 0.243 e. The van der Waals surface area contributed by atoms with Crippen molar-refractivity contribution in [3.05, 3.63) is 53.6 Å². The Morgan fingerprint density at radius 2 is 1.67 bits per heavy atom. The van der Waals surface area contributed by atoms with Crippen LogP contribution < -0.4 is 25.3 Å². The molecule has 0 bridgehead atoms. The zero-order valence-corrected chi connectivity index (χ0v) is 21.3. The molecule has 2 aromatic carbocycles. The lowest BCUT2D eigenvalue weighted by atomic mass is 9.94. The summed E-state index contributed by atoms with van der Waals surface area (Å²) in [5, 5.41) is 2.79. The van der Waals surface area contributed by atoms with Gasteiger partial charge in [-0.15, -0.1) is 0 Å². The molecule has 1 fully saturated rings. The number of hydrogen-bond donors (Lipinski definition) is 2. The van der Waals surface area contributed by atoms with Gasteiger partial charge in [-0.3, -0.25) is 14.4 Å². The van der Waals surface area contributed by atoms with E-state index in [9.17, 15) is 14.4 Å². The van der Waals surface area contributed by atoms with Crippen molar-refractivity contribution in [3.63, 3.8) is 0 Å². The number of methoxy groups -OCH3 is 3. The molecule has 1 saturated heterocycles. The molecule has 0 spiro atoms. The van der Waals surface area contributed by atoms with E-state index in [4.69, 9.17) is 19.9 Å². The Labute approximate surface area is 211 Å². The number of nitrogens with two attached hydrogens (primary N) is 1. The average Bonchev–Trinajstić information content (AvgIpc) is 2.91. The first-order chi connectivity index (χ1) is 17.3. The highest BCUT2D eigenvalue weighted by Gasteiger charge is 2.36. The lowest BCUT2D eigenvalue weighted by Gasteiger charge is -2.37. The first kappa shape index (κ1) is 26.8. The van der Waals surface area contributed by atoms with Crippen LogP contribution in [-0.4, -0.2) is 62.6 Å². The second-order valence-electron chi connectivity index (χ2n) is 8.88. The number of nitrogens with zero attached hydrogens (tertiary/aromatic N) is 1. The quantitative estimate of drug-likeness (QED) is 0.520. The van der Waals surface area contributed by atoms with Crippen molar-refractivity contribution in [1.82, 2.24) is 10.2 Å². The van der Waals surface area contributed by atoms with Crippen LogP contribution in [-0.2, 0) is 20.8 Å². The number of carbonyl (C=O) groups is 3. The predicted octanol–water partition coefficient (Wildman–Crippen LogP) is 2.41. The Balaban J connectivity index is 1.80. The molecule has 9 nitrogen and oxygen atoms in total. The zero-order valence-electron chi connectivity index (χ0n) is 21.3. The molecule has 0 aliphatic carbocycles. The predicted molar refractivity (Wildman–Crippen MR) is 135 cm³/mol. The van der Waals surface area contributed by atoms with Crippen LogP contribution in [0.3, 0.4) is 0 Å². The lowest BCUT2D eigenvalue weighted by molar-refractivity contribution is -0.143. The molecular formula is C27H35N3O6. The molecule has 3 rings (SSSR count). The van der Waals surface area contributed by atoms with Crippen molar-refractivity contribution in [1.29, 1.82) is 0 Å². The SMILES string of the molecule is COc1cc([C@H](C)C(=O)N2CCCC[C@H]2C(=O)N[C@H](Cc2ccccc2)C(N)=O)cc(OC)c1OC. The molecule has 3 N–H and O–H groups in total. The monoisotopic (exact) mass is 497 g/mol. The molecule has 36 heavy (non-hydrogen) atoms. The molecule has 1 heterocycles. The maximum atomic E-state index is 13.6. The van der Waals surface area contributed by atoms with Gasteiger partial charge >= 0.3 is 0 Å². The van der Waals surface area contributed by atoms with Crippen molar-refractivity contribution < 1.29 is 28.6 Å². The maximum absolute atomic E-state index is 13.6. The molecule has 1 aliphatic heterocycles. The third-order valence-corrected chi connectivity index (χ3v) is 6.59. The molecule has 194 valence electrons. The molecule has 1 aliphatic rings. The van der Waals surface area contributed by atoms with Gasteiger partial charge in [0.15, 0.2) is 11.5 Å². The summed E-state index contributed by atoms with van der Waals surface area (Å²) in [4.78, 5) is 40.6. The number of primary amides is 1. The summed E-state index contributed by atoms with van der Waals surface area (Å²) >= 11 is 0. The second kappa shape index (κ2) is 12.3. The minimum Gasteiger partial charge on any atom is -0.493 e. The van der Waals surface area contributed by atoms with Crippen LogP contribution in [0, 0.1) is 0 Å². The molecule has 0 aromatic heterocycles. The van der Waals surface area contributed by atoms with E-state index in [1.807, 2.05) is 30.3 Å². The van der Waals surface area contributed by atoms with E-state index in [0.29, 0.717) is 35.8 Å². The van der Waals surface area contributed by atoms with Gasteiger partial charge in [0.2, 0.25) is 23.5 Å². The van der Waals surface area contributed by atoms with Crippen LogP contribution in [0.5, 0.6) is 17.2 Å². The number of ether oxygens (including phenoxy) is 3. The van der Waals surface area contributed by atoms with Gasteiger partial charge < -0.3 is 30.2 Å². The molecule has 3 atom stereocenters. The van der Waals surface area contributed by atoms with Gasteiger partial charge in [0.25, 0.3) is 0 Å². The molecule has 0 radical (unpaired) electrons. The molecule has 0 unspecified atom stereocenters. The fourth-order valence-corrected chi connectivity index (χ4v) is 4.55. The Kier molecular flexibility index (Phi) is 9.16. The van der Waals surface area contributed by atoms with Gasteiger partial charge in [-0.05, 0) is 49.4 Å². The average molecular weight is 498 g/mol.